The normalized spacial score (nSPS) is 11.0. The molecule has 0 unspecified atom stereocenters. The molecule has 23 heavy (non-hydrogen) atoms. The Morgan fingerprint density at radius 3 is 2.74 bits per heavy atom. The van der Waals surface area contributed by atoms with Gasteiger partial charge in [-0.15, -0.1) is 6.42 Å². The van der Waals surface area contributed by atoms with Gasteiger partial charge in [0.2, 0.25) is 5.95 Å². The van der Waals surface area contributed by atoms with E-state index in [1.165, 1.54) is 33.2 Å². The zero-order valence-electron chi connectivity index (χ0n) is 12.6. The Morgan fingerprint density at radius 1 is 1.43 bits per heavy atom. The van der Waals surface area contributed by atoms with E-state index < -0.39 is 23.5 Å². The minimum atomic E-state index is -1.12. The lowest BCUT2D eigenvalue weighted by Gasteiger charge is -2.22. The maximum atomic E-state index is 14.0. The molecule has 0 atom stereocenters. The van der Waals surface area contributed by atoms with Gasteiger partial charge in [-0.3, -0.25) is 9.88 Å². The van der Waals surface area contributed by atoms with Gasteiger partial charge < -0.3 is 4.74 Å². The van der Waals surface area contributed by atoms with Crippen molar-refractivity contribution in [3.8, 4) is 22.9 Å². The van der Waals surface area contributed by atoms with E-state index in [2.05, 4.69) is 15.9 Å². The number of carbonyl (C=O) groups is 1. The van der Waals surface area contributed by atoms with Crippen molar-refractivity contribution < 1.29 is 18.3 Å². The van der Waals surface area contributed by atoms with Gasteiger partial charge in [0.05, 0.1) is 6.20 Å². The van der Waals surface area contributed by atoms with Crippen LogP contribution in [0.5, 0.6) is 0 Å². The van der Waals surface area contributed by atoms with Crippen molar-refractivity contribution in [2.45, 2.75) is 19.4 Å². The molecule has 1 amide bonds. The molecule has 0 spiro atoms. The van der Waals surface area contributed by atoms with Crippen LogP contribution in [0.4, 0.5) is 18.6 Å². The second-order valence-corrected chi connectivity index (χ2v) is 6.07. The average molecular weight is 337 g/mol. The smallest absolute Gasteiger partial charge is 0.416 e. The molecule has 2 aromatic rings. The minimum Gasteiger partial charge on any atom is -0.430 e. The number of carbonyl (C=O) groups excluding carboxylic acids is 1. The lowest BCUT2D eigenvalue weighted by atomic mass is 10.1. The summed E-state index contributed by atoms with van der Waals surface area (Å²) in [7, 11) is 1.33. The number of anilines is 1. The second kappa shape index (κ2) is 6.30. The largest absolute Gasteiger partial charge is 0.430 e. The Hall–Kier alpha value is -2.53. The Kier molecular flexibility index (Phi) is 4.61. The van der Waals surface area contributed by atoms with Crippen LogP contribution in [0.25, 0.3) is 10.6 Å². The topological polar surface area (TPSA) is 55.3 Å². The molecule has 0 N–H and O–H groups in total. The molecule has 0 aliphatic rings. The lowest BCUT2D eigenvalue weighted by Crippen LogP contribution is -2.35. The summed E-state index contributed by atoms with van der Waals surface area (Å²) in [5.41, 5.74) is -0.812. The third kappa shape index (κ3) is 3.81. The zero-order chi connectivity index (χ0) is 17.2. The third-order valence-electron chi connectivity index (χ3n) is 2.79. The van der Waals surface area contributed by atoms with Crippen LogP contribution in [0.3, 0.4) is 0 Å². The molecule has 0 aliphatic heterocycles. The van der Waals surface area contributed by atoms with Gasteiger partial charge in [-0.2, -0.15) is 4.39 Å². The van der Waals surface area contributed by atoms with Crippen LogP contribution in [0.15, 0.2) is 18.5 Å². The molecular formula is C15H13F2N3O2S. The van der Waals surface area contributed by atoms with Crippen molar-refractivity contribution in [1.29, 1.82) is 0 Å². The highest BCUT2D eigenvalue weighted by Gasteiger charge is 2.26. The number of hydrogen-bond donors (Lipinski definition) is 0. The fraction of sp³-hybridized carbons (Fsp3) is 0.267. The van der Waals surface area contributed by atoms with Crippen molar-refractivity contribution in [2.24, 2.45) is 0 Å². The van der Waals surface area contributed by atoms with E-state index in [0.717, 1.165) is 22.4 Å². The summed E-state index contributed by atoms with van der Waals surface area (Å²) >= 11 is 0.872. The third-order valence-corrected chi connectivity index (χ3v) is 3.95. The summed E-state index contributed by atoms with van der Waals surface area (Å²) in [6.07, 6.45) is 6.81. The maximum Gasteiger partial charge on any atom is 0.416 e. The van der Waals surface area contributed by atoms with Gasteiger partial charge in [-0.05, 0) is 19.9 Å². The van der Waals surface area contributed by atoms with E-state index in [1.807, 2.05) is 0 Å². The average Bonchev–Trinajstić information content (AvgIpc) is 2.88. The molecule has 0 aromatic carbocycles. The number of hydrogen-bond acceptors (Lipinski definition) is 5. The molecule has 2 heterocycles. The summed E-state index contributed by atoms with van der Waals surface area (Å²) in [5.74, 6) is 0.870. The highest BCUT2D eigenvalue weighted by atomic mass is 32.1. The fourth-order valence-electron chi connectivity index (χ4n) is 1.55. The van der Waals surface area contributed by atoms with E-state index in [9.17, 15) is 13.6 Å². The fourth-order valence-corrected chi connectivity index (χ4v) is 2.43. The quantitative estimate of drug-likeness (QED) is 0.805. The molecule has 2 rings (SSSR count). The monoisotopic (exact) mass is 337 g/mol. The van der Waals surface area contributed by atoms with E-state index in [1.54, 1.807) is 0 Å². The van der Waals surface area contributed by atoms with Gasteiger partial charge in [0, 0.05) is 18.8 Å². The Balaban J connectivity index is 2.28. The van der Waals surface area contributed by atoms with Crippen LogP contribution in [-0.4, -0.2) is 28.7 Å². The molecule has 0 aliphatic carbocycles. The van der Waals surface area contributed by atoms with Crippen molar-refractivity contribution in [3.63, 3.8) is 0 Å². The first-order valence-corrected chi connectivity index (χ1v) is 7.27. The molecule has 0 fully saturated rings. The number of rotatable bonds is 3. The van der Waals surface area contributed by atoms with E-state index in [0.29, 0.717) is 5.56 Å². The Bertz CT molecular complexity index is 783. The standard InChI is InChI=1S/C15H13F2N3O2S/c1-5-15(2,3)22-14(21)20(4)13-11(17)19-12(23-13)9-6-10(16)8-18-7-9/h1,6-8H,2-4H3. The van der Waals surface area contributed by atoms with Gasteiger partial charge in [-0.1, -0.05) is 17.3 Å². The molecule has 0 radical (unpaired) electrons. The predicted octanol–water partition coefficient (Wildman–Crippen LogP) is 3.47. The van der Waals surface area contributed by atoms with Crippen LogP contribution < -0.4 is 4.90 Å². The summed E-state index contributed by atoms with van der Waals surface area (Å²) in [4.78, 5) is 20.4. The van der Waals surface area contributed by atoms with Crippen molar-refractivity contribution in [2.75, 3.05) is 11.9 Å². The van der Waals surface area contributed by atoms with Crippen LogP contribution in [0.1, 0.15) is 13.8 Å². The summed E-state index contributed by atoms with van der Waals surface area (Å²) in [5, 5.41) is 0.127. The second-order valence-electron chi connectivity index (χ2n) is 5.09. The predicted molar refractivity (Wildman–Crippen MR) is 83.1 cm³/mol. The van der Waals surface area contributed by atoms with Gasteiger partial charge in [0.1, 0.15) is 10.8 Å². The van der Waals surface area contributed by atoms with Crippen LogP contribution >= 0.6 is 11.3 Å². The molecular weight excluding hydrogens is 324 g/mol. The van der Waals surface area contributed by atoms with E-state index in [-0.39, 0.29) is 10.0 Å². The van der Waals surface area contributed by atoms with Crippen LogP contribution in [0, 0.1) is 24.1 Å². The van der Waals surface area contributed by atoms with Gasteiger partial charge in [0.25, 0.3) is 0 Å². The number of amides is 1. The first-order valence-electron chi connectivity index (χ1n) is 6.45. The number of pyridine rings is 1. The molecule has 120 valence electrons. The number of terminal acetylenes is 1. The highest BCUT2D eigenvalue weighted by Crippen LogP contribution is 2.33. The van der Waals surface area contributed by atoms with Crippen molar-refractivity contribution in [3.05, 3.63) is 30.2 Å². The molecule has 0 bridgehead atoms. The van der Waals surface area contributed by atoms with Gasteiger partial charge in [-0.25, -0.2) is 14.2 Å². The van der Waals surface area contributed by atoms with Crippen molar-refractivity contribution in [1.82, 2.24) is 9.97 Å². The zero-order valence-corrected chi connectivity index (χ0v) is 13.4. The molecule has 5 nitrogen and oxygen atoms in total. The number of halogens is 2. The summed E-state index contributed by atoms with van der Waals surface area (Å²) in [6, 6.07) is 1.18. The molecule has 0 saturated heterocycles. The van der Waals surface area contributed by atoms with Crippen molar-refractivity contribution >= 4 is 22.4 Å². The lowest BCUT2D eigenvalue weighted by molar-refractivity contribution is 0.0853. The molecule has 2 aromatic heterocycles. The Labute approximate surface area is 135 Å². The minimum absolute atomic E-state index is 0.0675. The SMILES string of the molecule is C#CC(C)(C)OC(=O)N(C)c1sc(-c2cncc(F)c2)nc1F. The first kappa shape index (κ1) is 16.8. The Morgan fingerprint density at radius 2 is 2.13 bits per heavy atom. The van der Waals surface area contributed by atoms with Gasteiger partial charge in [0.15, 0.2) is 10.6 Å². The summed E-state index contributed by atoms with van der Waals surface area (Å²) < 4.78 is 32.3. The van der Waals surface area contributed by atoms with E-state index in [4.69, 9.17) is 11.2 Å². The van der Waals surface area contributed by atoms with Gasteiger partial charge >= 0.3 is 6.09 Å². The molecule has 0 saturated carbocycles. The maximum absolute atomic E-state index is 14.0. The van der Waals surface area contributed by atoms with Crippen LogP contribution in [0.2, 0.25) is 0 Å². The number of nitrogens with zero attached hydrogens (tertiary/aromatic N) is 3. The number of aromatic nitrogens is 2. The number of thiazole rings is 1. The molecule has 8 heteroatoms. The first-order chi connectivity index (χ1) is 10.7. The highest BCUT2D eigenvalue weighted by molar-refractivity contribution is 7.19. The summed E-state index contributed by atoms with van der Waals surface area (Å²) in [6.45, 7) is 3.07. The van der Waals surface area contributed by atoms with Crippen LogP contribution in [-0.2, 0) is 4.74 Å². The number of ether oxygens (including phenoxy) is 1. The van der Waals surface area contributed by atoms with E-state index >= 15 is 0 Å².